The Balaban J connectivity index is 3.09. The minimum atomic E-state index is -1.10. The SMILES string of the molecule is O=C(O)CCc1c(O)c(O)cc(Br)c1F. The second kappa shape index (κ2) is 4.48. The van der Waals surface area contributed by atoms with E-state index in [-0.39, 0.29) is 22.9 Å². The number of carboxylic acid groups (broad SMARTS) is 1. The number of benzene rings is 1. The fourth-order valence-corrected chi connectivity index (χ4v) is 1.57. The van der Waals surface area contributed by atoms with Crippen LogP contribution in [0.2, 0.25) is 0 Å². The minimum Gasteiger partial charge on any atom is -0.504 e. The number of phenols is 2. The molecule has 0 aliphatic rings. The van der Waals surface area contributed by atoms with Crippen LogP contribution in [-0.2, 0) is 11.2 Å². The predicted molar refractivity (Wildman–Crippen MR) is 53.4 cm³/mol. The van der Waals surface area contributed by atoms with Crippen LogP contribution in [0.1, 0.15) is 12.0 Å². The molecule has 0 aliphatic heterocycles. The van der Waals surface area contributed by atoms with Crippen molar-refractivity contribution in [3.05, 3.63) is 21.9 Å². The Labute approximate surface area is 93.1 Å². The lowest BCUT2D eigenvalue weighted by Gasteiger charge is -2.08. The van der Waals surface area contributed by atoms with Gasteiger partial charge in [-0.15, -0.1) is 0 Å². The third-order valence-electron chi connectivity index (χ3n) is 1.86. The molecule has 0 fully saturated rings. The van der Waals surface area contributed by atoms with E-state index in [1.807, 2.05) is 0 Å². The molecule has 15 heavy (non-hydrogen) atoms. The van der Waals surface area contributed by atoms with E-state index in [9.17, 15) is 19.4 Å². The summed E-state index contributed by atoms with van der Waals surface area (Å²) in [5.41, 5.74) is -0.204. The first-order valence-corrected chi connectivity index (χ1v) is 4.83. The standard InChI is InChI=1S/C9H8BrFO4/c10-5-3-6(12)9(15)4(8(5)11)1-2-7(13)14/h3,12,15H,1-2H2,(H,13,14). The highest BCUT2D eigenvalue weighted by Gasteiger charge is 2.16. The number of hydrogen-bond acceptors (Lipinski definition) is 3. The Kier molecular flexibility index (Phi) is 3.52. The maximum atomic E-state index is 13.4. The number of aromatic hydroxyl groups is 2. The Morgan fingerprint density at radius 3 is 2.60 bits per heavy atom. The summed E-state index contributed by atoms with van der Waals surface area (Å²) < 4.78 is 13.4. The van der Waals surface area contributed by atoms with Gasteiger partial charge in [0.25, 0.3) is 0 Å². The lowest BCUT2D eigenvalue weighted by molar-refractivity contribution is -0.136. The average molecular weight is 279 g/mol. The summed E-state index contributed by atoms with van der Waals surface area (Å²) >= 11 is 2.84. The van der Waals surface area contributed by atoms with Crippen LogP contribution in [0, 0.1) is 5.82 Å². The molecule has 0 bridgehead atoms. The molecule has 0 saturated heterocycles. The van der Waals surface area contributed by atoms with Crippen LogP contribution in [0.3, 0.4) is 0 Å². The second-order valence-corrected chi connectivity index (χ2v) is 3.77. The lowest BCUT2D eigenvalue weighted by atomic mass is 10.1. The molecule has 0 heterocycles. The molecular formula is C9H8BrFO4. The third-order valence-corrected chi connectivity index (χ3v) is 2.43. The summed E-state index contributed by atoms with van der Waals surface area (Å²) in [4.78, 5) is 10.3. The number of phenolic OH excluding ortho intramolecular Hbond substituents is 2. The topological polar surface area (TPSA) is 77.8 Å². The molecule has 0 unspecified atom stereocenters. The minimum absolute atomic E-state index is 0.0156. The summed E-state index contributed by atoms with van der Waals surface area (Å²) in [6.45, 7) is 0. The van der Waals surface area contributed by atoms with Crippen molar-refractivity contribution in [2.45, 2.75) is 12.8 Å². The third kappa shape index (κ3) is 2.59. The number of rotatable bonds is 3. The molecular weight excluding hydrogens is 271 g/mol. The number of hydrogen-bond donors (Lipinski definition) is 3. The molecule has 1 aromatic carbocycles. The average Bonchev–Trinajstić information content (AvgIpc) is 2.14. The van der Waals surface area contributed by atoms with E-state index in [0.29, 0.717) is 0 Å². The van der Waals surface area contributed by atoms with Crippen molar-refractivity contribution in [3.63, 3.8) is 0 Å². The van der Waals surface area contributed by atoms with Crippen molar-refractivity contribution in [2.75, 3.05) is 0 Å². The van der Waals surface area contributed by atoms with Gasteiger partial charge in [-0.25, -0.2) is 4.39 Å². The van der Waals surface area contributed by atoms with Crippen LogP contribution < -0.4 is 0 Å². The van der Waals surface area contributed by atoms with Crippen molar-refractivity contribution < 1.29 is 24.5 Å². The van der Waals surface area contributed by atoms with Gasteiger partial charge in [-0.2, -0.15) is 0 Å². The monoisotopic (exact) mass is 278 g/mol. The highest BCUT2D eigenvalue weighted by molar-refractivity contribution is 9.10. The Hall–Kier alpha value is -1.30. The highest BCUT2D eigenvalue weighted by Crippen LogP contribution is 2.36. The maximum Gasteiger partial charge on any atom is 0.303 e. The lowest BCUT2D eigenvalue weighted by Crippen LogP contribution is -2.00. The fraction of sp³-hybridized carbons (Fsp3) is 0.222. The van der Waals surface area contributed by atoms with E-state index in [4.69, 9.17) is 5.11 Å². The molecule has 0 aromatic heterocycles. The van der Waals surface area contributed by atoms with Crippen LogP contribution in [0.15, 0.2) is 10.5 Å². The molecule has 4 nitrogen and oxygen atoms in total. The summed E-state index contributed by atoms with van der Waals surface area (Å²) in [6, 6.07) is 1.01. The van der Waals surface area contributed by atoms with Crippen molar-refractivity contribution in [3.8, 4) is 11.5 Å². The zero-order valence-electron chi connectivity index (χ0n) is 7.50. The first-order chi connectivity index (χ1) is 6.93. The van der Waals surface area contributed by atoms with Crippen molar-refractivity contribution in [2.24, 2.45) is 0 Å². The van der Waals surface area contributed by atoms with E-state index in [0.717, 1.165) is 6.07 Å². The van der Waals surface area contributed by atoms with E-state index in [1.54, 1.807) is 0 Å². The molecule has 0 radical (unpaired) electrons. The first-order valence-electron chi connectivity index (χ1n) is 4.04. The largest absolute Gasteiger partial charge is 0.504 e. The molecule has 1 aromatic rings. The van der Waals surface area contributed by atoms with Gasteiger partial charge in [0.1, 0.15) is 5.82 Å². The van der Waals surface area contributed by atoms with Crippen molar-refractivity contribution >= 4 is 21.9 Å². The molecule has 82 valence electrons. The molecule has 1 rings (SSSR count). The number of carbonyl (C=O) groups is 1. The van der Waals surface area contributed by atoms with Crippen LogP contribution in [0.4, 0.5) is 4.39 Å². The van der Waals surface area contributed by atoms with Gasteiger partial charge < -0.3 is 15.3 Å². The van der Waals surface area contributed by atoms with Crippen LogP contribution >= 0.6 is 15.9 Å². The molecule has 0 aliphatic carbocycles. The Morgan fingerprint density at radius 2 is 2.07 bits per heavy atom. The van der Waals surface area contributed by atoms with Gasteiger partial charge in [-0.3, -0.25) is 4.79 Å². The summed E-state index contributed by atoms with van der Waals surface area (Å²) in [5, 5.41) is 26.9. The normalized spacial score (nSPS) is 10.3. The number of carboxylic acids is 1. The zero-order chi connectivity index (χ0) is 11.6. The quantitative estimate of drug-likeness (QED) is 0.740. The summed E-state index contributed by atoms with van der Waals surface area (Å²) in [5.74, 6) is -2.96. The molecule has 6 heteroatoms. The van der Waals surface area contributed by atoms with E-state index < -0.39 is 23.3 Å². The van der Waals surface area contributed by atoms with Gasteiger partial charge in [0, 0.05) is 18.1 Å². The molecule has 0 saturated carbocycles. The van der Waals surface area contributed by atoms with Crippen LogP contribution in [0.25, 0.3) is 0 Å². The van der Waals surface area contributed by atoms with E-state index >= 15 is 0 Å². The smallest absolute Gasteiger partial charge is 0.303 e. The van der Waals surface area contributed by atoms with Crippen LogP contribution in [0.5, 0.6) is 11.5 Å². The van der Waals surface area contributed by atoms with Gasteiger partial charge in [0.2, 0.25) is 0 Å². The Morgan fingerprint density at radius 1 is 1.47 bits per heavy atom. The summed E-state index contributed by atoms with van der Waals surface area (Å²) in [7, 11) is 0. The van der Waals surface area contributed by atoms with Crippen LogP contribution in [-0.4, -0.2) is 21.3 Å². The van der Waals surface area contributed by atoms with Gasteiger partial charge >= 0.3 is 5.97 Å². The highest BCUT2D eigenvalue weighted by atomic mass is 79.9. The zero-order valence-corrected chi connectivity index (χ0v) is 9.08. The fourth-order valence-electron chi connectivity index (χ4n) is 1.11. The van der Waals surface area contributed by atoms with Gasteiger partial charge in [-0.05, 0) is 22.4 Å². The van der Waals surface area contributed by atoms with Gasteiger partial charge in [0.05, 0.1) is 4.47 Å². The molecule has 3 N–H and O–H groups in total. The number of halogens is 2. The van der Waals surface area contributed by atoms with Gasteiger partial charge in [0.15, 0.2) is 11.5 Å². The summed E-state index contributed by atoms with van der Waals surface area (Å²) in [6.07, 6.45) is -0.500. The van der Waals surface area contributed by atoms with Crippen molar-refractivity contribution in [1.82, 2.24) is 0 Å². The molecule has 0 amide bonds. The van der Waals surface area contributed by atoms with Crippen molar-refractivity contribution in [1.29, 1.82) is 0 Å². The predicted octanol–water partition coefficient (Wildman–Crippen LogP) is 2.02. The Bertz CT molecular complexity index is 379. The molecule has 0 atom stereocenters. The first kappa shape index (κ1) is 11.8. The number of aliphatic carboxylic acids is 1. The van der Waals surface area contributed by atoms with Gasteiger partial charge in [-0.1, -0.05) is 0 Å². The van der Waals surface area contributed by atoms with E-state index in [1.165, 1.54) is 0 Å². The van der Waals surface area contributed by atoms with E-state index in [2.05, 4.69) is 15.9 Å². The second-order valence-electron chi connectivity index (χ2n) is 2.91. The molecule has 0 spiro atoms. The maximum absolute atomic E-state index is 13.4.